The number of nitrogens with one attached hydrogen (secondary N) is 2. The topological polar surface area (TPSA) is 34.3 Å². The van der Waals surface area contributed by atoms with E-state index in [1.807, 2.05) is 30.0 Å². The van der Waals surface area contributed by atoms with Crippen LogP contribution in [0.2, 0.25) is 0 Å². The molecule has 2 aromatic carbocycles. The van der Waals surface area contributed by atoms with Crippen molar-refractivity contribution in [3.63, 3.8) is 0 Å². The third-order valence-corrected chi connectivity index (χ3v) is 7.74. The van der Waals surface area contributed by atoms with Crippen LogP contribution < -0.4 is 10.2 Å². The number of H-pyrrole nitrogens is 1. The Hall–Kier alpha value is -2.58. The van der Waals surface area contributed by atoms with Gasteiger partial charge in [0.1, 0.15) is 11.6 Å². The van der Waals surface area contributed by atoms with Gasteiger partial charge in [0, 0.05) is 79.5 Å². The molecule has 1 spiro atoms. The fourth-order valence-electron chi connectivity index (χ4n) is 5.89. The lowest BCUT2D eigenvalue weighted by atomic mass is 9.75. The number of aromatic nitrogens is 1. The predicted molar refractivity (Wildman–Crippen MR) is 136 cm³/mol. The molecule has 2 saturated heterocycles. The number of hydrogen-bond donors (Lipinski definition) is 2. The van der Waals surface area contributed by atoms with Crippen LogP contribution in [0.3, 0.4) is 0 Å². The standard InChI is InChI=1S/C15H18F2N2.C13H16F2N2/c1-10-7-12-11-5-3-4-6-13(11)18-14(12)8-19(10)9-15(2,16)17;14-10-4-11(15)6-12(5-10)17-3-1-2-13(9-17)7-16-8-13/h3-6,10,18H,7-9H2,1-2H3;4-6,16H,1-3,7-9H2. The van der Waals surface area contributed by atoms with Crippen LogP contribution in [0.25, 0.3) is 10.9 Å². The summed E-state index contributed by atoms with van der Waals surface area (Å²) in [5, 5.41) is 4.52. The number of hydrogen-bond acceptors (Lipinski definition) is 3. The Balaban J connectivity index is 0.000000149. The van der Waals surface area contributed by atoms with E-state index in [9.17, 15) is 17.6 Å². The second-order valence-electron chi connectivity index (χ2n) is 10.9. The summed E-state index contributed by atoms with van der Waals surface area (Å²) in [6, 6.07) is 12.1. The van der Waals surface area contributed by atoms with Crippen molar-refractivity contribution in [3.8, 4) is 0 Å². The average molecular weight is 503 g/mol. The van der Waals surface area contributed by atoms with Crippen LogP contribution in [0, 0.1) is 17.0 Å². The number of rotatable bonds is 3. The molecule has 0 saturated carbocycles. The van der Waals surface area contributed by atoms with Gasteiger partial charge in [0.05, 0.1) is 6.54 Å². The summed E-state index contributed by atoms with van der Waals surface area (Å²) < 4.78 is 52.8. The van der Waals surface area contributed by atoms with Gasteiger partial charge in [-0.1, -0.05) is 18.2 Å². The molecule has 3 aliphatic heterocycles. The monoisotopic (exact) mass is 502 g/mol. The molecule has 4 nitrogen and oxygen atoms in total. The van der Waals surface area contributed by atoms with Gasteiger partial charge in [-0.2, -0.15) is 0 Å². The number of aromatic amines is 1. The van der Waals surface area contributed by atoms with E-state index in [4.69, 9.17) is 0 Å². The molecule has 0 amide bonds. The van der Waals surface area contributed by atoms with Crippen LogP contribution in [-0.2, 0) is 13.0 Å². The zero-order valence-corrected chi connectivity index (χ0v) is 20.9. The van der Waals surface area contributed by atoms with E-state index in [0.717, 1.165) is 63.2 Å². The molecule has 1 aromatic heterocycles. The largest absolute Gasteiger partial charge is 0.371 e. The molecule has 1 unspecified atom stereocenters. The van der Waals surface area contributed by atoms with Crippen LogP contribution in [0.1, 0.15) is 37.9 Å². The van der Waals surface area contributed by atoms with Crippen LogP contribution in [-0.4, -0.2) is 54.6 Å². The minimum absolute atomic E-state index is 0.150. The molecule has 36 heavy (non-hydrogen) atoms. The summed E-state index contributed by atoms with van der Waals surface area (Å²) in [5.74, 6) is -3.63. The number of halogens is 4. The highest BCUT2D eigenvalue weighted by atomic mass is 19.3. The Kier molecular flexibility index (Phi) is 6.76. The van der Waals surface area contributed by atoms with Crippen molar-refractivity contribution in [2.45, 2.75) is 51.6 Å². The van der Waals surface area contributed by atoms with E-state index in [2.05, 4.69) is 21.3 Å². The molecule has 8 heteroatoms. The van der Waals surface area contributed by atoms with E-state index < -0.39 is 17.6 Å². The first-order valence-corrected chi connectivity index (χ1v) is 12.7. The van der Waals surface area contributed by atoms with Crippen LogP contribution in [0.5, 0.6) is 0 Å². The van der Waals surface area contributed by atoms with Crippen molar-refractivity contribution in [2.75, 3.05) is 37.6 Å². The Bertz CT molecular complexity index is 1190. The number of piperidine rings is 1. The molecule has 6 rings (SSSR count). The van der Waals surface area contributed by atoms with E-state index >= 15 is 0 Å². The lowest BCUT2D eigenvalue weighted by Crippen LogP contribution is -2.61. The number of benzene rings is 2. The fourth-order valence-corrected chi connectivity index (χ4v) is 5.89. The third-order valence-electron chi connectivity index (χ3n) is 7.74. The normalized spacial score (nSPS) is 21.6. The molecule has 2 fully saturated rings. The van der Waals surface area contributed by atoms with Crippen molar-refractivity contribution < 1.29 is 17.6 Å². The van der Waals surface area contributed by atoms with E-state index in [1.165, 1.54) is 29.5 Å². The summed E-state index contributed by atoms with van der Waals surface area (Å²) in [6.45, 7) is 7.27. The van der Waals surface area contributed by atoms with Crippen molar-refractivity contribution >= 4 is 16.6 Å². The summed E-state index contributed by atoms with van der Waals surface area (Å²) in [5.41, 5.74) is 4.49. The van der Waals surface area contributed by atoms with Gasteiger partial charge < -0.3 is 15.2 Å². The number of nitrogens with zero attached hydrogens (tertiary/aromatic N) is 2. The van der Waals surface area contributed by atoms with Crippen molar-refractivity contribution in [3.05, 3.63) is 65.4 Å². The lowest BCUT2D eigenvalue weighted by Gasteiger charge is -2.50. The Morgan fingerprint density at radius 1 is 1.08 bits per heavy atom. The van der Waals surface area contributed by atoms with Gasteiger partial charge >= 0.3 is 0 Å². The highest BCUT2D eigenvalue weighted by Crippen LogP contribution is 2.36. The zero-order chi connectivity index (χ0) is 25.5. The highest BCUT2D eigenvalue weighted by molar-refractivity contribution is 5.84. The van der Waals surface area contributed by atoms with Gasteiger partial charge in [-0.25, -0.2) is 17.6 Å². The fraction of sp³-hybridized carbons (Fsp3) is 0.500. The molecule has 0 radical (unpaired) electrons. The Morgan fingerprint density at radius 3 is 2.47 bits per heavy atom. The van der Waals surface area contributed by atoms with Gasteiger partial charge in [0.2, 0.25) is 0 Å². The van der Waals surface area contributed by atoms with Gasteiger partial charge in [-0.15, -0.1) is 0 Å². The number of anilines is 1. The maximum absolute atomic E-state index is 13.2. The molecule has 0 aliphatic carbocycles. The molecule has 3 aliphatic rings. The number of alkyl halides is 2. The van der Waals surface area contributed by atoms with Crippen LogP contribution in [0.4, 0.5) is 23.2 Å². The molecule has 2 N–H and O–H groups in total. The Labute approximate surface area is 209 Å². The van der Waals surface area contributed by atoms with Gasteiger partial charge in [-0.3, -0.25) is 4.90 Å². The lowest BCUT2D eigenvalue weighted by molar-refractivity contribution is -0.0293. The summed E-state index contributed by atoms with van der Waals surface area (Å²) in [4.78, 5) is 7.33. The minimum atomic E-state index is -2.64. The molecule has 194 valence electrons. The Morgan fingerprint density at radius 2 is 1.81 bits per heavy atom. The van der Waals surface area contributed by atoms with Crippen molar-refractivity contribution in [2.24, 2.45) is 5.41 Å². The maximum atomic E-state index is 13.2. The van der Waals surface area contributed by atoms with E-state index in [-0.39, 0.29) is 12.6 Å². The first kappa shape index (κ1) is 25.1. The van der Waals surface area contributed by atoms with Crippen LogP contribution >= 0.6 is 0 Å². The second kappa shape index (κ2) is 9.71. The SMILES string of the molecule is CC1Cc2c([nH]c3ccccc23)CN1CC(C)(F)F.Fc1cc(F)cc(N2CCCC3(CNC3)C2)c1. The van der Waals surface area contributed by atoms with Crippen molar-refractivity contribution in [1.29, 1.82) is 0 Å². The summed E-state index contributed by atoms with van der Waals surface area (Å²) >= 11 is 0. The number of fused-ring (bicyclic) bond motifs is 3. The van der Waals surface area contributed by atoms with E-state index in [1.54, 1.807) is 0 Å². The molecular weight excluding hydrogens is 468 g/mol. The molecule has 3 aromatic rings. The summed E-state index contributed by atoms with van der Waals surface area (Å²) in [7, 11) is 0. The second-order valence-corrected chi connectivity index (χ2v) is 10.9. The van der Waals surface area contributed by atoms with Crippen LogP contribution in [0.15, 0.2) is 42.5 Å². The van der Waals surface area contributed by atoms with Gasteiger partial charge in [0.15, 0.2) is 0 Å². The third kappa shape index (κ3) is 5.39. The molecule has 1 atom stereocenters. The van der Waals surface area contributed by atoms with Gasteiger partial charge in [0.25, 0.3) is 5.92 Å². The first-order chi connectivity index (χ1) is 17.1. The average Bonchev–Trinajstić information content (AvgIpc) is 3.14. The zero-order valence-electron chi connectivity index (χ0n) is 20.9. The highest BCUT2D eigenvalue weighted by Gasteiger charge is 2.40. The summed E-state index contributed by atoms with van der Waals surface area (Å²) in [6.07, 6.45) is 3.14. The van der Waals surface area contributed by atoms with E-state index in [0.29, 0.717) is 17.6 Å². The minimum Gasteiger partial charge on any atom is -0.371 e. The number of para-hydroxylation sites is 1. The van der Waals surface area contributed by atoms with Crippen molar-refractivity contribution in [1.82, 2.24) is 15.2 Å². The predicted octanol–water partition coefficient (Wildman–Crippen LogP) is 5.72. The maximum Gasteiger partial charge on any atom is 0.257 e. The first-order valence-electron chi connectivity index (χ1n) is 12.7. The molecule has 0 bridgehead atoms. The quantitative estimate of drug-likeness (QED) is 0.450. The molecular formula is C28H34F4N4. The smallest absolute Gasteiger partial charge is 0.257 e. The van der Waals surface area contributed by atoms with Gasteiger partial charge in [-0.05, 0) is 49.9 Å². The molecule has 4 heterocycles.